The molecule has 1 aliphatic rings. The molecule has 2 aromatic rings. The molecule has 0 radical (unpaired) electrons. The first-order valence-electron chi connectivity index (χ1n) is 9.86. The van der Waals surface area contributed by atoms with E-state index in [1.807, 2.05) is 0 Å². The number of benzene rings is 1. The molecule has 0 spiro atoms. The normalized spacial score (nSPS) is 17.2. The molecule has 9 nitrogen and oxygen atoms in total. The molecule has 2 unspecified atom stereocenters. The monoisotopic (exact) mass is 425 g/mol. The second-order valence-electron chi connectivity index (χ2n) is 7.14. The van der Waals surface area contributed by atoms with Crippen LogP contribution < -0.4 is 15.4 Å². The zero-order chi connectivity index (χ0) is 22.4. The van der Waals surface area contributed by atoms with Crippen LogP contribution in [0.25, 0.3) is 0 Å². The summed E-state index contributed by atoms with van der Waals surface area (Å²) in [5.41, 5.74) is 0.294. The lowest BCUT2D eigenvalue weighted by molar-refractivity contribution is -0.138. The van der Waals surface area contributed by atoms with Crippen LogP contribution in [0.5, 0.6) is 5.75 Å². The minimum Gasteiger partial charge on any atom is -0.497 e. The number of carboxylic acid groups (broad SMARTS) is 1. The molecule has 9 heteroatoms. The van der Waals surface area contributed by atoms with E-state index >= 15 is 0 Å². The fourth-order valence-corrected chi connectivity index (χ4v) is 3.36. The molecule has 2 atom stereocenters. The molecule has 3 N–H and O–H groups in total. The highest BCUT2D eigenvalue weighted by Gasteiger charge is 2.33. The van der Waals surface area contributed by atoms with Crippen molar-refractivity contribution in [3.05, 3.63) is 59.4 Å². The maximum atomic E-state index is 13.1. The molecular weight excluding hydrogens is 402 g/mol. The quantitative estimate of drug-likeness (QED) is 0.424. The van der Waals surface area contributed by atoms with Crippen LogP contribution in [-0.4, -0.2) is 59.3 Å². The van der Waals surface area contributed by atoms with Crippen molar-refractivity contribution in [2.75, 3.05) is 13.7 Å². The molecule has 162 valence electrons. The Morgan fingerprint density at radius 1 is 1.19 bits per heavy atom. The Balaban J connectivity index is 1.91. The zero-order valence-corrected chi connectivity index (χ0v) is 17.0. The number of pyridine rings is 1. The summed E-state index contributed by atoms with van der Waals surface area (Å²) in [7, 11) is 1.38. The number of nitrogens with zero attached hydrogens (tertiary/aromatic N) is 1. The lowest BCUT2D eigenvalue weighted by Gasteiger charge is -2.20. The Kier molecular flexibility index (Phi) is 7.09. The van der Waals surface area contributed by atoms with E-state index in [4.69, 9.17) is 4.74 Å². The molecule has 0 bridgehead atoms. The van der Waals surface area contributed by atoms with Crippen LogP contribution >= 0.6 is 0 Å². The number of aliphatic carboxylic acids is 1. The predicted octanol–water partition coefficient (Wildman–Crippen LogP) is 1.22. The van der Waals surface area contributed by atoms with Gasteiger partial charge in [-0.25, -0.2) is 0 Å². The van der Waals surface area contributed by atoms with E-state index in [1.165, 1.54) is 37.6 Å². The van der Waals surface area contributed by atoms with Gasteiger partial charge in [0.05, 0.1) is 13.2 Å². The van der Waals surface area contributed by atoms with E-state index in [9.17, 15) is 24.3 Å². The van der Waals surface area contributed by atoms with Crippen molar-refractivity contribution in [1.29, 1.82) is 0 Å². The van der Waals surface area contributed by atoms with Crippen LogP contribution in [0.1, 0.15) is 45.7 Å². The van der Waals surface area contributed by atoms with Crippen molar-refractivity contribution < 1.29 is 29.0 Å². The summed E-state index contributed by atoms with van der Waals surface area (Å²) in [5.74, 6) is -2.74. The fraction of sp³-hybridized carbons (Fsp3) is 0.318. The maximum Gasteiger partial charge on any atom is 0.328 e. The number of aromatic nitrogens is 1. The van der Waals surface area contributed by atoms with Crippen molar-refractivity contribution in [1.82, 2.24) is 15.6 Å². The molecule has 3 rings (SSSR count). The number of Topliss-reactive ketones (excluding diaryl/α,β-unsaturated/α-hetero) is 1. The van der Waals surface area contributed by atoms with Crippen molar-refractivity contribution >= 4 is 23.4 Å². The molecule has 1 amide bonds. The summed E-state index contributed by atoms with van der Waals surface area (Å²) in [6.07, 6.45) is 3.40. The summed E-state index contributed by atoms with van der Waals surface area (Å²) in [6, 6.07) is 6.55. The molecule has 1 aliphatic heterocycles. The molecule has 1 saturated heterocycles. The number of nitrogens with one attached hydrogen (secondary N) is 2. The minimum absolute atomic E-state index is 0.0208. The summed E-state index contributed by atoms with van der Waals surface area (Å²) < 4.78 is 5.20. The van der Waals surface area contributed by atoms with Crippen molar-refractivity contribution in [2.45, 2.75) is 31.3 Å². The average molecular weight is 425 g/mol. The van der Waals surface area contributed by atoms with Gasteiger partial charge >= 0.3 is 5.97 Å². The molecule has 31 heavy (non-hydrogen) atoms. The molecule has 0 aliphatic carbocycles. The largest absolute Gasteiger partial charge is 0.497 e. The number of ether oxygens (including phenoxy) is 1. The molecule has 2 heterocycles. The van der Waals surface area contributed by atoms with E-state index in [0.717, 1.165) is 12.8 Å². The van der Waals surface area contributed by atoms with Gasteiger partial charge in [-0.15, -0.1) is 0 Å². The van der Waals surface area contributed by atoms with Gasteiger partial charge < -0.3 is 15.2 Å². The highest BCUT2D eigenvalue weighted by atomic mass is 16.5. The van der Waals surface area contributed by atoms with Crippen molar-refractivity contribution in [3.8, 4) is 5.75 Å². The van der Waals surface area contributed by atoms with Gasteiger partial charge in [0.2, 0.25) is 11.7 Å². The number of carboxylic acids is 1. The Morgan fingerprint density at radius 2 is 1.97 bits per heavy atom. The number of amides is 1. The third-order valence-corrected chi connectivity index (χ3v) is 5.00. The van der Waals surface area contributed by atoms with Gasteiger partial charge in [-0.3, -0.25) is 29.5 Å². The van der Waals surface area contributed by atoms with Crippen molar-refractivity contribution in [2.24, 2.45) is 0 Å². The van der Waals surface area contributed by atoms with Gasteiger partial charge in [0.1, 0.15) is 11.4 Å². The Morgan fingerprint density at radius 3 is 2.65 bits per heavy atom. The molecule has 1 aromatic carbocycles. The van der Waals surface area contributed by atoms with E-state index in [0.29, 0.717) is 13.0 Å². The molecular formula is C22H23N3O6. The predicted molar refractivity (Wildman–Crippen MR) is 110 cm³/mol. The van der Waals surface area contributed by atoms with Gasteiger partial charge in [-0.1, -0.05) is 6.07 Å². The number of hydrogen-bond acceptors (Lipinski definition) is 7. The number of hydrogen-bond donors (Lipinski definition) is 3. The van der Waals surface area contributed by atoms with E-state index < -0.39 is 29.6 Å². The number of carbonyl (C=O) groups is 4. The second kappa shape index (κ2) is 9.94. The second-order valence-corrected chi connectivity index (χ2v) is 7.14. The summed E-state index contributed by atoms with van der Waals surface area (Å²) in [5, 5.41) is 15.0. The summed E-state index contributed by atoms with van der Waals surface area (Å²) >= 11 is 0. The van der Waals surface area contributed by atoms with Crippen LogP contribution in [0.2, 0.25) is 0 Å². The number of carbonyl (C=O) groups excluding carboxylic acids is 3. The Labute approximate surface area is 178 Å². The van der Waals surface area contributed by atoms with Gasteiger partial charge in [0.25, 0.3) is 0 Å². The number of rotatable bonds is 8. The number of ketones is 2. The highest BCUT2D eigenvalue weighted by Crippen LogP contribution is 2.21. The Hall–Kier alpha value is -3.59. The van der Waals surface area contributed by atoms with Gasteiger partial charge in [0, 0.05) is 23.9 Å². The van der Waals surface area contributed by atoms with Crippen LogP contribution in [0, 0.1) is 0 Å². The van der Waals surface area contributed by atoms with Gasteiger partial charge in [-0.05, 0) is 49.6 Å². The third kappa shape index (κ3) is 5.32. The summed E-state index contributed by atoms with van der Waals surface area (Å²) in [6.45, 7) is 0.511. The van der Waals surface area contributed by atoms with Crippen LogP contribution in [0.3, 0.4) is 0 Å². The van der Waals surface area contributed by atoms with E-state index in [2.05, 4.69) is 15.6 Å². The standard InChI is InChI=1S/C22H23N3O6/c1-31-15-11-13(19(26)16-6-2-4-8-23-16)10-14(12-15)20(27)18(22(29)30)25-17-7-3-5-9-24-21(17)28/h2,4,6,8,10-12,17-18,25H,3,5,7,9H2,1H3,(H,24,28)(H,29,30). The lowest BCUT2D eigenvalue weighted by atomic mass is 9.97. The SMILES string of the molecule is COc1cc(C(=O)c2ccccn2)cc(C(=O)C(NC2CCCCNC2=O)C(=O)O)c1. The molecule has 1 fully saturated rings. The lowest BCUT2D eigenvalue weighted by Crippen LogP contribution is -2.53. The van der Waals surface area contributed by atoms with Crippen LogP contribution in [0.4, 0.5) is 0 Å². The zero-order valence-electron chi connectivity index (χ0n) is 17.0. The van der Waals surface area contributed by atoms with Crippen LogP contribution in [-0.2, 0) is 9.59 Å². The van der Waals surface area contributed by atoms with E-state index in [1.54, 1.807) is 12.1 Å². The third-order valence-electron chi connectivity index (χ3n) is 5.00. The maximum absolute atomic E-state index is 13.1. The van der Waals surface area contributed by atoms with Gasteiger partial charge in [-0.2, -0.15) is 0 Å². The summed E-state index contributed by atoms with van der Waals surface area (Å²) in [4.78, 5) is 53.9. The first kappa shape index (κ1) is 22.1. The topological polar surface area (TPSA) is 135 Å². The first-order chi connectivity index (χ1) is 14.9. The average Bonchev–Trinajstić information content (AvgIpc) is 3.00. The molecule has 0 saturated carbocycles. The minimum atomic E-state index is -1.65. The Bertz CT molecular complexity index is 992. The molecule has 1 aromatic heterocycles. The first-order valence-corrected chi connectivity index (χ1v) is 9.86. The highest BCUT2D eigenvalue weighted by molar-refractivity contribution is 6.14. The van der Waals surface area contributed by atoms with Crippen molar-refractivity contribution in [3.63, 3.8) is 0 Å². The fourth-order valence-electron chi connectivity index (χ4n) is 3.36. The number of methoxy groups -OCH3 is 1. The van der Waals surface area contributed by atoms with Gasteiger partial charge in [0.15, 0.2) is 11.8 Å². The smallest absolute Gasteiger partial charge is 0.328 e. The van der Waals surface area contributed by atoms with Crippen LogP contribution in [0.15, 0.2) is 42.6 Å². The van der Waals surface area contributed by atoms with E-state index in [-0.39, 0.29) is 28.5 Å².